The lowest BCUT2D eigenvalue weighted by Crippen LogP contribution is -2.53. The van der Waals surface area contributed by atoms with Gasteiger partial charge in [0.15, 0.2) is 5.83 Å². The Bertz CT molecular complexity index is 344. The van der Waals surface area contributed by atoms with E-state index in [1.165, 1.54) is 0 Å². The Morgan fingerprint density at radius 3 is 1.82 bits per heavy atom. The molecule has 0 amide bonds. The zero-order chi connectivity index (χ0) is 13.7. The van der Waals surface area contributed by atoms with E-state index in [1.807, 2.05) is 0 Å². The summed E-state index contributed by atoms with van der Waals surface area (Å²) in [7, 11) is 0. The van der Waals surface area contributed by atoms with E-state index in [1.54, 1.807) is 0 Å². The van der Waals surface area contributed by atoms with Crippen molar-refractivity contribution >= 4 is 0 Å². The molecular formula is C7H3F9O. The first-order chi connectivity index (χ1) is 7.33. The number of halogens is 9. The molecule has 0 aliphatic heterocycles. The Morgan fingerprint density at radius 2 is 1.53 bits per heavy atom. The molecule has 17 heavy (non-hydrogen) atoms. The molecule has 0 saturated heterocycles. The Morgan fingerprint density at radius 1 is 1.06 bits per heavy atom. The van der Waals surface area contributed by atoms with Crippen molar-refractivity contribution in [2.45, 2.75) is 23.9 Å². The number of allylic oxidation sites excluding steroid dienone is 1. The molecule has 1 aliphatic carbocycles. The van der Waals surface area contributed by atoms with Gasteiger partial charge in [0.05, 0.1) is 0 Å². The predicted octanol–water partition coefficient (Wildman–Crippen LogP) is 3.37. The Labute approximate surface area is 87.8 Å². The third-order valence-corrected chi connectivity index (χ3v) is 1.87. The largest absolute Gasteiger partial charge is 0.411 e. The summed E-state index contributed by atoms with van der Waals surface area (Å²) in [6, 6.07) is 0. The highest BCUT2D eigenvalue weighted by Crippen LogP contribution is 2.55. The zero-order valence-electron chi connectivity index (χ0n) is 7.59. The molecule has 0 fully saturated rings. The van der Waals surface area contributed by atoms with E-state index in [0.29, 0.717) is 0 Å². The molecule has 0 aromatic rings. The molecule has 0 aromatic carbocycles. The van der Waals surface area contributed by atoms with Gasteiger partial charge in [-0.1, -0.05) is 0 Å². The van der Waals surface area contributed by atoms with E-state index in [0.717, 1.165) is 0 Å². The van der Waals surface area contributed by atoms with Gasteiger partial charge in [0.25, 0.3) is 0 Å². The van der Waals surface area contributed by atoms with Crippen LogP contribution >= 0.6 is 0 Å². The van der Waals surface area contributed by atoms with Crippen LogP contribution in [0.4, 0.5) is 39.5 Å². The molecule has 1 rings (SSSR count). The fourth-order valence-corrected chi connectivity index (χ4v) is 1.05. The average molecular weight is 274 g/mol. The van der Waals surface area contributed by atoms with E-state index in [9.17, 15) is 39.5 Å². The highest BCUT2D eigenvalue weighted by molar-refractivity contribution is 5.28. The van der Waals surface area contributed by atoms with Crippen molar-refractivity contribution in [3.63, 3.8) is 0 Å². The third kappa shape index (κ3) is 2.09. The van der Waals surface area contributed by atoms with Gasteiger partial charge in [-0.15, -0.1) is 0 Å². The summed E-state index contributed by atoms with van der Waals surface area (Å²) in [6.07, 6.45) is -6.38. The first-order valence-electron chi connectivity index (χ1n) is 3.87. The van der Waals surface area contributed by atoms with Crippen LogP contribution in [-0.2, 0) is 4.74 Å². The van der Waals surface area contributed by atoms with Gasteiger partial charge >= 0.3 is 23.9 Å². The van der Waals surface area contributed by atoms with E-state index < -0.39 is 42.4 Å². The predicted molar refractivity (Wildman–Crippen MR) is 34.9 cm³/mol. The third-order valence-electron chi connectivity index (χ3n) is 1.87. The molecular weight excluding hydrogens is 271 g/mol. The van der Waals surface area contributed by atoms with E-state index in [4.69, 9.17) is 0 Å². The molecule has 0 bridgehead atoms. The highest BCUT2D eigenvalue weighted by atomic mass is 19.4. The maximum atomic E-state index is 13.1. The number of ether oxygens (including phenoxy) is 1. The molecule has 100 valence electrons. The second kappa shape index (κ2) is 3.53. The SMILES string of the molecule is FC1=CC(F)(F)C(F)(F)C1(F)OCC(F)(F)F. The average Bonchev–Trinajstić information content (AvgIpc) is 2.21. The highest BCUT2D eigenvalue weighted by Gasteiger charge is 2.78. The van der Waals surface area contributed by atoms with Crippen molar-refractivity contribution in [1.82, 2.24) is 0 Å². The Kier molecular flexibility index (Phi) is 2.93. The fourth-order valence-electron chi connectivity index (χ4n) is 1.05. The standard InChI is InChI=1S/C7H3F9O/c8-3-1-4(9,10)7(15,16)6(3,14)17-2-5(11,12)13/h1H,2H2. The molecule has 10 heteroatoms. The van der Waals surface area contributed by atoms with E-state index in [2.05, 4.69) is 4.74 Å². The first kappa shape index (κ1) is 14.1. The van der Waals surface area contributed by atoms with Crippen LogP contribution in [0.15, 0.2) is 11.9 Å². The van der Waals surface area contributed by atoms with Gasteiger partial charge in [-0.05, 0) is 0 Å². The van der Waals surface area contributed by atoms with Crippen LogP contribution in [0.5, 0.6) is 0 Å². The molecule has 0 aromatic heterocycles. The van der Waals surface area contributed by atoms with Gasteiger partial charge in [-0.2, -0.15) is 35.1 Å². The van der Waals surface area contributed by atoms with Gasteiger partial charge in [-0.25, -0.2) is 4.39 Å². The van der Waals surface area contributed by atoms with Crippen molar-refractivity contribution < 1.29 is 44.3 Å². The first-order valence-corrected chi connectivity index (χ1v) is 3.87. The Balaban J connectivity index is 3.00. The second-order valence-electron chi connectivity index (χ2n) is 3.19. The van der Waals surface area contributed by atoms with E-state index in [-0.39, 0.29) is 0 Å². The fraction of sp³-hybridized carbons (Fsp3) is 0.714. The van der Waals surface area contributed by atoms with Gasteiger partial charge < -0.3 is 4.74 Å². The molecule has 0 spiro atoms. The zero-order valence-corrected chi connectivity index (χ0v) is 7.59. The maximum Gasteiger partial charge on any atom is 0.411 e. The lowest BCUT2D eigenvalue weighted by atomic mass is 10.1. The molecule has 0 heterocycles. The minimum absolute atomic E-state index is 1.11. The molecule has 1 atom stereocenters. The molecule has 0 radical (unpaired) electrons. The summed E-state index contributed by atoms with van der Waals surface area (Å²) >= 11 is 0. The normalized spacial score (nSPS) is 31.5. The maximum absolute atomic E-state index is 13.1. The lowest BCUT2D eigenvalue weighted by Gasteiger charge is -2.29. The minimum Gasteiger partial charge on any atom is -0.326 e. The molecule has 1 unspecified atom stereocenters. The van der Waals surface area contributed by atoms with Crippen LogP contribution < -0.4 is 0 Å². The minimum atomic E-state index is -5.75. The van der Waals surface area contributed by atoms with Gasteiger partial charge in [0.2, 0.25) is 0 Å². The summed E-state index contributed by atoms with van der Waals surface area (Å²) in [5.74, 6) is -18.9. The molecule has 0 N–H and O–H groups in total. The number of hydrogen-bond acceptors (Lipinski definition) is 1. The van der Waals surface area contributed by atoms with Crippen molar-refractivity contribution in [2.75, 3.05) is 6.61 Å². The quantitative estimate of drug-likeness (QED) is 0.701. The number of rotatable bonds is 2. The molecule has 0 saturated carbocycles. The van der Waals surface area contributed by atoms with Crippen LogP contribution in [0.25, 0.3) is 0 Å². The number of hydrogen-bond donors (Lipinski definition) is 0. The van der Waals surface area contributed by atoms with Gasteiger partial charge in [-0.3, -0.25) is 0 Å². The van der Waals surface area contributed by atoms with Crippen LogP contribution in [0.2, 0.25) is 0 Å². The van der Waals surface area contributed by atoms with Crippen molar-refractivity contribution in [3.05, 3.63) is 11.9 Å². The van der Waals surface area contributed by atoms with Crippen LogP contribution in [0.1, 0.15) is 0 Å². The van der Waals surface area contributed by atoms with E-state index >= 15 is 0 Å². The Hall–Kier alpha value is -0.930. The topological polar surface area (TPSA) is 9.23 Å². The van der Waals surface area contributed by atoms with Gasteiger partial charge in [0.1, 0.15) is 6.61 Å². The summed E-state index contributed by atoms with van der Waals surface area (Å²) in [4.78, 5) is 0. The lowest BCUT2D eigenvalue weighted by molar-refractivity contribution is -0.329. The second-order valence-corrected chi connectivity index (χ2v) is 3.19. The van der Waals surface area contributed by atoms with Gasteiger partial charge in [0, 0.05) is 6.08 Å². The number of alkyl halides is 8. The van der Waals surface area contributed by atoms with Crippen molar-refractivity contribution in [1.29, 1.82) is 0 Å². The van der Waals surface area contributed by atoms with Crippen molar-refractivity contribution in [3.8, 4) is 0 Å². The summed E-state index contributed by atoms with van der Waals surface area (Å²) in [5.41, 5.74) is 0. The molecule has 1 aliphatic rings. The monoisotopic (exact) mass is 274 g/mol. The van der Waals surface area contributed by atoms with Crippen LogP contribution in [-0.4, -0.2) is 30.5 Å². The molecule has 1 nitrogen and oxygen atoms in total. The smallest absolute Gasteiger partial charge is 0.326 e. The van der Waals surface area contributed by atoms with Crippen LogP contribution in [0, 0.1) is 0 Å². The summed E-state index contributed by atoms with van der Waals surface area (Å²) < 4.78 is 114. The summed E-state index contributed by atoms with van der Waals surface area (Å²) in [6.45, 7) is -2.63. The summed E-state index contributed by atoms with van der Waals surface area (Å²) in [5, 5.41) is 0. The van der Waals surface area contributed by atoms with Crippen molar-refractivity contribution in [2.24, 2.45) is 0 Å². The van der Waals surface area contributed by atoms with Crippen LogP contribution in [0.3, 0.4) is 0 Å².